The van der Waals surface area contributed by atoms with Gasteiger partial charge in [-0.25, -0.2) is 4.79 Å². The van der Waals surface area contributed by atoms with Crippen LogP contribution in [-0.4, -0.2) is 23.0 Å². The Bertz CT molecular complexity index is 522. The van der Waals surface area contributed by atoms with Crippen LogP contribution in [0, 0.1) is 5.92 Å². The predicted molar refractivity (Wildman–Crippen MR) is 65.6 cm³/mol. The molecule has 1 aromatic rings. The van der Waals surface area contributed by atoms with Gasteiger partial charge in [0.05, 0.1) is 5.56 Å². The Morgan fingerprint density at radius 3 is 2.55 bits per heavy atom. The molecule has 1 aromatic heterocycles. The molecule has 20 heavy (non-hydrogen) atoms. The molecule has 2 N–H and O–H groups in total. The van der Waals surface area contributed by atoms with Gasteiger partial charge in [-0.1, -0.05) is 12.8 Å². The van der Waals surface area contributed by atoms with Crippen LogP contribution in [-0.2, 0) is 11.0 Å². The van der Waals surface area contributed by atoms with Gasteiger partial charge in [0, 0.05) is 5.38 Å². The van der Waals surface area contributed by atoms with Gasteiger partial charge >= 0.3 is 12.1 Å². The van der Waals surface area contributed by atoms with E-state index in [4.69, 9.17) is 5.11 Å². The van der Waals surface area contributed by atoms with Gasteiger partial charge in [0.15, 0.2) is 0 Å². The minimum atomic E-state index is -4.50. The van der Waals surface area contributed by atoms with Crippen molar-refractivity contribution in [1.82, 2.24) is 5.32 Å². The van der Waals surface area contributed by atoms with E-state index in [1.807, 2.05) is 0 Å². The lowest BCUT2D eigenvalue weighted by molar-refractivity contribution is -0.139. The first-order chi connectivity index (χ1) is 9.27. The SMILES string of the molecule is O=C(NC(CC1CC1)C(=O)O)c1csc(C(F)(F)F)c1. The molecule has 1 unspecified atom stereocenters. The number of hydrogen-bond donors (Lipinski definition) is 2. The Morgan fingerprint density at radius 2 is 2.10 bits per heavy atom. The number of nitrogens with one attached hydrogen (secondary N) is 1. The summed E-state index contributed by atoms with van der Waals surface area (Å²) >= 11 is 0.413. The lowest BCUT2D eigenvalue weighted by Gasteiger charge is -2.13. The first kappa shape index (κ1) is 14.8. The van der Waals surface area contributed by atoms with Crippen LogP contribution in [0.15, 0.2) is 11.4 Å². The van der Waals surface area contributed by atoms with E-state index in [0.29, 0.717) is 17.8 Å². The van der Waals surface area contributed by atoms with Gasteiger partial charge in [-0.3, -0.25) is 4.79 Å². The smallest absolute Gasteiger partial charge is 0.425 e. The van der Waals surface area contributed by atoms with Crippen LogP contribution in [0.5, 0.6) is 0 Å². The van der Waals surface area contributed by atoms with Crippen molar-refractivity contribution < 1.29 is 27.9 Å². The third-order valence-corrected chi connectivity index (χ3v) is 3.99. The molecule has 0 bridgehead atoms. The van der Waals surface area contributed by atoms with Crippen molar-refractivity contribution in [2.45, 2.75) is 31.5 Å². The topological polar surface area (TPSA) is 66.4 Å². The number of amides is 1. The first-order valence-corrected chi connectivity index (χ1v) is 6.84. The Hall–Kier alpha value is -1.57. The third kappa shape index (κ3) is 3.72. The summed E-state index contributed by atoms with van der Waals surface area (Å²) in [5.41, 5.74) is -0.163. The highest BCUT2D eigenvalue weighted by atomic mass is 32.1. The second-order valence-electron chi connectivity index (χ2n) is 4.74. The van der Waals surface area contributed by atoms with E-state index in [1.165, 1.54) is 0 Å². The molecule has 0 saturated heterocycles. The van der Waals surface area contributed by atoms with E-state index >= 15 is 0 Å². The maximum atomic E-state index is 12.4. The summed E-state index contributed by atoms with van der Waals surface area (Å²) in [6.07, 6.45) is -2.33. The fourth-order valence-corrected chi connectivity index (χ4v) is 2.51. The number of rotatable bonds is 5. The molecule has 1 heterocycles. The quantitative estimate of drug-likeness (QED) is 0.879. The summed E-state index contributed by atoms with van der Waals surface area (Å²) in [7, 11) is 0. The van der Waals surface area contributed by atoms with E-state index < -0.39 is 29.0 Å². The highest BCUT2D eigenvalue weighted by Crippen LogP contribution is 2.35. The summed E-state index contributed by atoms with van der Waals surface area (Å²) < 4.78 is 37.3. The normalized spacial score (nSPS) is 16.8. The van der Waals surface area contributed by atoms with Gasteiger partial charge in [-0.05, 0) is 18.4 Å². The number of carbonyl (C=O) groups is 2. The molecular formula is C12H12F3NO3S. The zero-order chi connectivity index (χ0) is 14.9. The zero-order valence-electron chi connectivity index (χ0n) is 10.2. The van der Waals surface area contributed by atoms with Crippen molar-refractivity contribution in [2.75, 3.05) is 0 Å². The lowest BCUT2D eigenvalue weighted by atomic mass is 10.1. The van der Waals surface area contributed by atoms with E-state index in [2.05, 4.69) is 5.32 Å². The Balaban J connectivity index is 2.02. The highest BCUT2D eigenvalue weighted by Gasteiger charge is 2.34. The summed E-state index contributed by atoms with van der Waals surface area (Å²) in [4.78, 5) is 21.9. The molecule has 1 atom stereocenters. The molecule has 2 rings (SSSR count). The molecule has 0 aliphatic heterocycles. The minimum absolute atomic E-state index is 0.163. The number of carbonyl (C=O) groups excluding carboxylic acids is 1. The van der Waals surface area contributed by atoms with E-state index in [-0.39, 0.29) is 11.5 Å². The number of aliphatic carboxylic acids is 1. The molecule has 1 saturated carbocycles. The Morgan fingerprint density at radius 1 is 1.45 bits per heavy atom. The largest absolute Gasteiger partial charge is 0.480 e. The molecule has 0 aromatic carbocycles. The van der Waals surface area contributed by atoms with E-state index in [9.17, 15) is 22.8 Å². The van der Waals surface area contributed by atoms with Gasteiger partial charge in [-0.15, -0.1) is 11.3 Å². The van der Waals surface area contributed by atoms with Crippen LogP contribution in [0.2, 0.25) is 0 Å². The van der Waals surface area contributed by atoms with Crippen molar-refractivity contribution in [2.24, 2.45) is 5.92 Å². The Labute approximate surface area is 116 Å². The molecule has 8 heteroatoms. The average molecular weight is 307 g/mol. The van der Waals surface area contributed by atoms with Gasteiger partial charge in [0.1, 0.15) is 10.9 Å². The molecule has 4 nitrogen and oxygen atoms in total. The minimum Gasteiger partial charge on any atom is -0.480 e. The lowest BCUT2D eigenvalue weighted by Crippen LogP contribution is -2.41. The molecule has 110 valence electrons. The number of alkyl halides is 3. The van der Waals surface area contributed by atoms with Gasteiger partial charge in [0.25, 0.3) is 5.91 Å². The van der Waals surface area contributed by atoms with Crippen LogP contribution >= 0.6 is 11.3 Å². The van der Waals surface area contributed by atoms with Crippen LogP contribution in [0.25, 0.3) is 0 Å². The molecule has 1 amide bonds. The van der Waals surface area contributed by atoms with Crippen LogP contribution in [0.1, 0.15) is 34.5 Å². The maximum Gasteiger partial charge on any atom is 0.425 e. The second kappa shape index (κ2) is 5.43. The first-order valence-electron chi connectivity index (χ1n) is 5.96. The standard InChI is InChI=1S/C12H12F3NO3S/c13-12(14,15)9-4-7(5-20-9)10(17)16-8(11(18)19)3-6-1-2-6/h4-6,8H,1-3H2,(H,16,17)(H,18,19). The molecule has 1 fully saturated rings. The highest BCUT2D eigenvalue weighted by molar-refractivity contribution is 7.10. The average Bonchev–Trinajstić information content (AvgIpc) is 2.99. The van der Waals surface area contributed by atoms with Gasteiger partial charge in [-0.2, -0.15) is 13.2 Å². The van der Waals surface area contributed by atoms with Crippen LogP contribution in [0.4, 0.5) is 13.2 Å². The molecule has 1 aliphatic carbocycles. The molecule has 1 aliphatic rings. The molecular weight excluding hydrogens is 295 g/mol. The summed E-state index contributed by atoms with van der Waals surface area (Å²) in [6.45, 7) is 0. The number of thiophene rings is 1. The second-order valence-corrected chi connectivity index (χ2v) is 5.65. The van der Waals surface area contributed by atoms with Crippen LogP contribution in [0.3, 0.4) is 0 Å². The van der Waals surface area contributed by atoms with E-state index in [0.717, 1.165) is 24.3 Å². The van der Waals surface area contributed by atoms with Crippen molar-refractivity contribution in [3.8, 4) is 0 Å². The molecule has 0 radical (unpaired) electrons. The third-order valence-electron chi connectivity index (χ3n) is 3.01. The zero-order valence-corrected chi connectivity index (χ0v) is 11.1. The monoisotopic (exact) mass is 307 g/mol. The summed E-state index contributed by atoms with van der Waals surface area (Å²) in [6, 6.07) is -0.319. The number of halogens is 3. The van der Waals surface area contributed by atoms with Crippen molar-refractivity contribution in [1.29, 1.82) is 0 Å². The summed E-state index contributed by atoms with van der Waals surface area (Å²) in [5.74, 6) is -1.68. The van der Waals surface area contributed by atoms with Gasteiger partial charge < -0.3 is 10.4 Å². The van der Waals surface area contributed by atoms with Gasteiger partial charge in [0.2, 0.25) is 0 Å². The fraction of sp³-hybridized carbons (Fsp3) is 0.500. The fourth-order valence-electron chi connectivity index (χ4n) is 1.75. The van der Waals surface area contributed by atoms with Crippen LogP contribution < -0.4 is 5.32 Å². The van der Waals surface area contributed by atoms with E-state index in [1.54, 1.807) is 0 Å². The predicted octanol–water partition coefficient (Wildman–Crippen LogP) is 2.75. The Kier molecular flexibility index (Phi) is 4.03. The van der Waals surface area contributed by atoms with Crippen molar-refractivity contribution in [3.05, 3.63) is 21.9 Å². The summed E-state index contributed by atoms with van der Waals surface area (Å²) in [5, 5.41) is 12.3. The van der Waals surface area contributed by atoms with Crippen molar-refractivity contribution >= 4 is 23.2 Å². The molecule has 0 spiro atoms. The number of carboxylic acid groups (broad SMARTS) is 1. The maximum absolute atomic E-state index is 12.4. The van der Waals surface area contributed by atoms with Crippen molar-refractivity contribution in [3.63, 3.8) is 0 Å². The number of hydrogen-bond acceptors (Lipinski definition) is 3. The number of carboxylic acids is 1.